The molecule has 0 atom stereocenters. The fourth-order valence-electron chi connectivity index (χ4n) is 3.34. The van der Waals surface area contributed by atoms with Gasteiger partial charge in [0.25, 0.3) is 0 Å². The minimum absolute atomic E-state index is 0.644. The molecule has 6 heteroatoms. The third-order valence-electron chi connectivity index (χ3n) is 4.71. The largest absolute Gasteiger partial charge is 0.357 e. The lowest BCUT2D eigenvalue weighted by molar-refractivity contribution is 0.402. The zero-order valence-electron chi connectivity index (χ0n) is 18.2. The molecule has 0 unspecified atom stereocenters. The Kier molecular flexibility index (Phi) is 8.03. The van der Waals surface area contributed by atoms with E-state index in [1.807, 2.05) is 23.1 Å². The van der Waals surface area contributed by atoms with Gasteiger partial charge >= 0.3 is 0 Å². The van der Waals surface area contributed by atoms with Crippen molar-refractivity contribution in [2.24, 2.45) is 4.99 Å². The molecule has 30 heavy (non-hydrogen) atoms. The molecule has 3 aromatic rings. The van der Waals surface area contributed by atoms with Crippen molar-refractivity contribution in [2.45, 2.75) is 33.1 Å². The van der Waals surface area contributed by atoms with E-state index >= 15 is 0 Å². The van der Waals surface area contributed by atoms with Crippen molar-refractivity contribution in [3.8, 4) is 0 Å². The third kappa shape index (κ3) is 6.74. The molecule has 1 aromatic heterocycles. The van der Waals surface area contributed by atoms with Crippen LogP contribution in [0.15, 0.2) is 72.0 Å². The van der Waals surface area contributed by atoms with Crippen molar-refractivity contribution in [3.63, 3.8) is 0 Å². The summed E-state index contributed by atoms with van der Waals surface area (Å²) in [6.07, 6.45) is 3.80. The smallest absolute Gasteiger partial charge is 0.191 e. The number of nitrogens with one attached hydrogen (secondary N) is 2. The van der Waals surface area contributed by atoms with Gasteiger partial charge in [0.05, 0.1) is 13.1 Å². The first-order valence-electron chi connectivity index (χ1n) is 10.4. The zero-order chi connectivity index (χ0) is 21.2. The molecule has 3 rings (SSSR count). The lowest BCUT2D eigenvalue weighted by Gasteiger charge is -2.14. The Balaban J connectivity index is 1.65. The molecular formula is C24H32N6. The fourth-order valence-corrected chi connectivity index (χ4v) is 3.34. The highest BCUT2D eigenvalue weighted by molar-refractivity contribution is 5.79. The van der Waals surface area contributed by atoms with Crippen molar-refractivity contribution < 1.29 is 0 Å². The molecular weight excluding hydrogens is 372 g/mol. The normalized spacial score (nSPS) is 11.7. The van der Waals surface area contributed by atoms with Gasteiger partial charge in [-0.05, 0) is 49.3 Å². The Morgan fingerprint density at radius 2 is 1.80 bits per heavy atom. The van der Waals surface area contributed by atoms with E-state index in [9.17, 15) is 0 Å². The Morgan fingerprint density at radius 3 is 2.53 bits per heavy atom. The van der Waals surface area contributed by atoms with Crippen LogP contribution in [0.2, 0.25) is 0 Å². The topological polar surface area (TPSA) is 57.5 Å². The molecule has 0 radical (unpaired) electrons. The number of rotatable bonds is 9. The van der Waals surface area contributed by atoms with Gasteiger partial charge in [-0.15, -0.1) is 0 Å². The first-order valence-corrected chi connectivity index (χ1v) is 10.4. The van der Waals surface area contributed by atoms with Crippen LogP contribution in [0.25, 0.3) is 0 Å². The summed E-state index contributed by atoms with van der Waals surface area (Å²) in [6.45, 7) is 5.96. The third-order valence-corrected chi connectivity index (χ3v) is 4.71. The maximum absolute atomic E-state index is 4.79. The number of hydrogen-bond donors (Lipinski definition) is 2. The second kappa shape index (κ2) is 11.2. The predicted octanol–water partition coefficient (Wildman–Crippen LogP) is 3.25. The van der Waals surface area contributed by atoms with E-state index in [0.29, 0.717) is 13.1 Å². The van der Waals surface area contributed by atoms with Gasteiger partial charge < -0.3 is 15.5 Å². The van der Waals surface area contributed by atoms with E-state index in [1.54, 1.807) is 0 Å². The molecule has 0 amide bonds. The SMILES string of the molecule is CCNC(=NCc1cccc(CN(C)C)c1)NCc1ccccc1Cn1cccn1. The van der Waals surface area contributed by atoms with Gasteiger partial charge in [0, 0.05) is 32.0 Å². The van der Waals surface area contributed by atoms with Gasteiger partial charge in [0.2, 0.25) is 0 Å². The first-order chi connectivity index (χ1) is 14.6. The van der Waals surface area contributed by atoms with Crippen LogP contribution in [0, 0.1) is 0 Å². The Bertz CT molecular complexity index is 930. The number of hydrogen-bond acceptors (Lipinski definition) is 3. The molecule has 0 aliphatic heterocycles. The first kappa shape index (κ1) is 21.6. The highest BCUT2D eigenvalue weighted by Gasteiger charge is 2.05. The molecule has 158 valence electrons. The monoisotopic (exact) mass is 404 g/mol. The highest BCUT2D eigenvalue weighted by atomic mass is 15.3. The average Bonchev–Trinajstić information content (AvgIpc) is 3.24. The Morgan fingerprint density at radius 1 is 1.00 bits per heavy atom. The second-order valence-corrected chi connectivity index (χ2v) is 7.58. The summed E-state index contributed by atoms with van der Waals surface area (Å²) in [5.41, 5.74) is 5.01. The summed E-state index contributed by atoms with van der Waals surface area (Å²) in [7, 11) is 4.17. The summed E-state index contributed by atoms with van der Waals surface area (Å²) in [5.74, 6) is 0.824. The maximum Gasteiger partial charge on any atom is 0.191 e. The standard InChI is InChI=1S/C24H32N6/c1-4-25-24(26-16-20-9-7-10-21(15-20)18-29(2)3)27-17-22-11-5-6-12-23(22)19-30-14-8-13-28-30/h5-15H,4,16-19H2,1-3H3,(H2,25,26,27). The molecule has 2 aromatic carbocycles. The summed E-state index contributed by atoms with van der Waals surface area (Å²) in [5, 5.41) is 11.1. The summed E-state index contributed by atoms with van der Waals surface area (Å²) in [4.78, 5) is 6.96. The van der Waals surface area contributed by atoms with Gasteiger partial charge in [0.15, 0.2) is 5.96 Å². The van der Waals surface area contributed by atoms with Crippen LogP contribution < -0.4 is 10.6 Å². The highest BCUT2D eigenvalue weighted by Crippen LogP contribution is 2.11. The summed E-state index contributed by atoms with van der Waals surface area (Å²) >= 11 is 0. The molecule has 0 saturated heterocycles. The summed E-state index contributed by atoms with van der Waals surface area (Å²) < 4.78 is 1.94. The second-order valence-electron chi connectivity index (χ2n) is 7.58. The van der Waals surface area contributed by atoms with Gasteiger partial charge in [-0.2, -0.15) is 5.10 Å². The van der Waals surface area contributed by atoms with Crippen LogP contribution in [0.5, 0.6) is 0 Å². The van der Waals surface area contributed by atoms with E-state index in [1.165, 1.54) is 22.3 Å². The lowest BCUT2D eigenvalue weighted by Crippen LogP contribution is -2.37. The van der Waals surface area contributed by atoms with Crippen molar-refractivity contribution in [1.82, 2.24) is 25.3 Å². The van der Waals surface area contributed by atoms with Crippen LogP contribution in [0.3, 0.4) is 0 Å². The van der Waals surface area contributed by atoms with Crippen molar-refractivity contribution in [2.75, 3.05) is 20.6 Å². The van der Waals surface area contributed by atoms with Crippen LogP contribution in [-0.2, 0) is 26.2 Å². The Labute approximate surface area is 179 Å². The molecule has 0 saturated carbocycles. The fraction of sp³-hybridized carbons (Fsp3) is 0.333. The molecule has 0 bridgehead atoms. The Hall–Kier alpha value is -3.12. The van der Waals surface area contributed by atoms with E-state index < -0.39 is 0 Å². The average molecular weight is 405 g/mol. The predicted molar refractivity (Wildman–Crippen MR) is 123 cm³/mol. The minimum atomic E-state index is 0.644. The number of benzene rings is 2. The number of guanidine groups is 1. The zero-order valence-corrected chi connectivity index (χ0v) is 18.2. The van der Waals surface area contributed by atoms with Crippen molar-refractivity contribution in [1.29, 1.82) is 0 Å². The maximum atomic E-state index is 4.79. The van der Waals surface area contributed by atoms with Crippen LogP contribution in [0.4, 0.5) is 0 Å². The van der Waals surface area contributed by atoms with E-state index in [-0.39, 0.29) is 0 Å². The molecule has 0 spiro atoms. The van der Waals surface area contributed by atoms with Gasteiger partial charge in [-0.25, -0.2) is 4.99 Å². The molecule has 0 aliphatic rings. The van der Waals surface area contributed by atoms with Gasteiger partial charge in [0.1, 0.15) is 0 Å². The molecule has 1 heterocycles. The molecule has 0 aliphatic carbocycles. The lowest BCUT2D eigenvalue weighted by atomic mass is 10.1. The van der Waals surface area contributed by atoms with Crippen LogP contribution >= 0.6 is 0 Å². The number of nitrogens with zero attached hydrogens (tertiary/aromatic N) is 4. The summed E-state index contributed by atoms with van der Waals surface area (Å²) in [6, 6.07) is 19.0. The van der Waals surface area contributed by atoms with E-state index in [4.69, 9.17) is 4.99 Å². The van der Waals surface area contributed by atoms with Gasteiger partial charge in [-0.1, -0.05) is 48.5 Å². The number of aliphatic imine (C=N–C) groups is 1. The molecule has 2 N–H and O–H groups in total. The quantitative estimate of drug-likeness (QED) is 0.425. The molecule has 0 fully saturated rings. The van der Waals surface area contributed by atoms with Gasteiger partial charge in [-0.3, -0.25) is 4.68 Å². The van der Waals surface area contributed by atoms with E-state index in [2.05, 4.69) is 90.2 Å². The number of aromatic nitrogens is 2. The van der Waals surface area contributed by atoms with Crippen molar-refractivity contribution in [3.05, 3.63) is 89.2 Å². The van der Waals surface area contributed by atoms with E-state index in [0.717, 1.165) is 25.6 Å². The minimum Gasteiger partial charge on any atom is -0.357 e. The van der Waals surface area contributed by atoms with Crippen molar-refractivity contribution >= 4 is 5.96 Å². The van der Waals surface area contributed by atoms with Crippen LogP contribution in [0.1, 0.15) is 29.2 Å². The van der Waals surface area contributed by atoms with Crippen LogP contribution in [-0.4, -0.2) is 41.3 Å². The molecule has 6 nitrogen and oxygen atoms in total.